The molecule has 2 aliphatic heterocycles. The summed E-state index contributed by atoms with van der Waals surface area (Å²) in [6, 6.07) is 16.0. The van der Waals surface area contributed by atoms with E-state index in [9.17, 15) is 8.76 Å². The Balaban J connectivity index is 1.49. The van der Waals surface area contributed by atoms with E-state index in [1.807, 2.05) is 30.3 Å². The molecule has 144 valence electrons. The fraction of sp³-hybridized carbons (Fsp3) is 0.429. The summed E-state index contributed by atoms with van der Waals surface area (Å²) >= 11 is 5.98. The highest BCUT2D eigenvalue weighted by atomic mass is 35.5. The van der Waals surface area contributed by atoms with Crippen molar-refractivity contribution in [3.05, 3.63) is 64.7 Å². The molecule has 4 nitrogen and oxygen atoms in total. The highest BCUT2D eigenvalue weighted by Gasteiger charge is 2.44. The summed E-state index contributed by atoms with van der Waals surface area (Å²) < 4.78 is 26.5. The number of likely N-dealkylation sites (tertiary alicyclic amines) is 1. The molecule has 1 spiro atoms. The second-order valence-electron chi connectivity index (χ2n) is 7.98. The van der Waals surface area contributed by atoms with Gasteiger partial charge in [0.1, 0.15) is 16.7 Å². The maximum absolute atomic E-state index is 12.4. The predicted octanol–water partition coefficient (Wildman–Crippen LogP) is 4.16. The lowest BCUT2D eigenvalue weighted by Gasteiger charge is -2.48. The molecular weight excluding hydrogens is 380 g/mol. The number of piperidine rings is 1. The molecule has 0 N–H and O–H groups in total. The number of nitrogens with zero attached hydrogens (tertiary/aromatic N) is 2. The Morgan fingerprint density at radius 2 is 1.78 bits per heavy atom. The minimum absolute atomic E-state index is 0.0356. The molecule has 0 aliphatic carbocycles. The van der Waals surface area contributed by atoms with Crippen molar-refractivity contribution in [3.63, 3.8) is 0 Å². The maximum Gasteiger partial charge on any atom is 0.145 e. The van der Waals surface area contributed by atoms with Crippen LogP contribution in [-0.4, -0.2) is 35.3 Å². The monoisotopic (exact) mass is 404 g/mol. The van der Waals surface area contributed by atoms with E-state index in [1.54, 1.807) is 4.31 Å². The first-order valence-corrected chi connectivity index (χ1v) is 11.6. The van der Waals surface area contributed by atoms with E-state index in [0.717, 1.165) is 55.2 Å². The van der Waals surface area contributed by atoms with Gasteiger partial charge in [-0.05, 0) is 67.1 Å². The number of para-hydroxylation sites is 1. The molecule has 27 heavy (non-hydrogen) atoms. The van der Waals surface area contributed by atoms with E-state index in [4.69, 9.17) is 11.6 Å². The highest BCUT2D eigenvalue weighted by molar-refractivity contribution is 7.98. The topological polar surface area (TPSA) is 46.6 Å². The summed E-state index contributed by atoms with van der Waals surface area (Å²) in [5.41, 5.74) is 3.31. The number of benzene rings is 2. The van der Waals surface area contributed by atoms with E-state index in [-0.39, 0.29) is 5.41 Å². The Hall–Kier alpha value is -1.40. The Kier molecular flexibility index (Phi) is 5.06. The first kappa shape index (κ1) is 18.9. The van der Waals surface area contributed by atoms with Gasteiger partial charge >= 0.3 is 0 Å². The van der Waals surface area contributed by atoms with Gasteiger partial charge in [-0.2, -0.15) is 4.31 Å². The molecule has 0 aromatic heterocycles. The molecular formula is C21H25ClN2O2S. The van der Waals surface area contributed by atoms with Crippen molar-refractivity contribution in [3.8, 4) is 0 Å². The number of hydrogen-bond donors (Lipinski definition) is 0. The van der Waals surface area contributed by atoms with Crippen molar-refractivity contribution in [1.82, 2.24) is 4.90 Å². The van der Waals surface area contributed by atoms with Gasteiger partial charge < -0.3 is 4.55 Å². The molecule has 1 unspecified atom stereocenters. The summed E-state index contributed by atoms with van der Waals surface area (Å²) in [7, 11) is -3.27. The third kappa shape index (κ3) is 4.06. The van der Waals surface area contributed by atoms with Crippen LogP contribution in [0.3, 0.4) is 0 Å². The van der Waals surface area contributed by atoms with Gasteiger partial charge in [-0.15, -0.1) is 0 Å². The summed E-state index contributed by atoms with van der Waals surface area (Å²) in [5.74, 6) is 0. The zero-order valence-corrected chi connectivity index (χ0v) is 17.1. The summed E-state index contributed by atoms with van der Waals surface area (Å²) in [6.07, 6.45) is 4.31. The molecule has 1 atom stereocenters. The van der Waals surface area contributed by atoms with Crippen LogP contribution in [0, 0.1) is 5.41 Å². The highest BCUT2D eigenvalue weighted by Crippen LogP contribution is 2.44. The van der Waals surface area contributed by atoms with Crippen LogP contribution in [0.4, 0.5) is 5.69 Å². The van der Waals surface area contributed by atoms with E-state index in [1.165, 1.54) is 11.8 Å². The molecule has 4 rings (SSSR count). The smallest absolute Gasteiger partial charge is 0.145 e. The number of halogens is 1. The number of anilines is 1. The van der Waals surface area contributed by atoms with Crippen LogP contribution >= 0.6 is 11.6 Å². The molecule has 0 radical (unpaired) electrons. The second kappa shape index (κ2) is 7.21. The van der Waals surface area contributed by atoms with Gasteiger partial charge in [0.2, 0.25) is 0 Å². The minimum Gasteiger partial charge on any atom is -0.593 e. The lowest BCUT2D eigenvalue weighted by molar-refractivity contribution is 0.102. The summed E-state index contributed by atoms with van der Waals surface area (Å²) in [4.78, 5) is 2.46. The summed E-state index contributed by atoms with van der Waals surface area (Å²) in [6.45, 7) is 3.49. The van der Waals surface area contributed by atoms with Crippen molar-refractivity contribution < 1.29 is 8.76 Å². The fourth-order valence-corrected chi connectivity index (χ4v) is 5.59. The van der Waals surface area contributed by atoms with E-state index >= 15 is 0 Å². The molecule has 0 saturated carbocycles. The third-order valence-electron chi connectivity index (χ3n) is 5.94. The van der Waals surface area contributed by atoms with Crippen molar-refractivity contribution in [2.45, 2.75) is 25.8 Å². The zero-order valence-electron chi connectivity index (χ0n) is 15.6. The van der Waals surface area contributed by atoms with Crippen LogP contribution in [0.2, 0.25) is 5.02 Å². The second-order valence-corrected chi connectivity index (χ2v) is 10.3. The predicted molar refractivity (Wildman–Crippen MR) is 111 cm³/mol. The molecule has 0 bridgehead atoms. The van der Waals surface area contributed by atoms with Crippen LogP contribution in [0.5, 0.6) is 0 Å². The van der Waals surface area contributed by atoms with Crippen molar-refractivity contribution in [1.29, 1.82) is 0 Å². The van der Waals surface area contributed by atoms with Crippen molar-refractivity contribution in [2.24, 2.45) is 5.41 Å². The molecule has 2 aromatic rings. The summed E-state index contributed by atoms with van der Waals surface area (Å²) in [5, 5.41) is 0.762. The molecule has 2 aromatic carbocycles. The van der Waals surface area contributed by atoms with Crippen LogP contribution in [0.1, 0.15) is 24.0 Å². The quantitative estimate of drug-likeness (QED) is 0.721. The van der Waals surface area contributed by atoms with Crippen molar-refractivity contribution in [2.75, 3.05) is 30.2 Å². The Morgan fingerprint density at radius 1 is 1.11 bits per heavy atom. The third-order valence-corrected chi connectivity index (χ3v) is 7.32. The number of hydrogen-bond acceptors (Lipinski definition) is 3. The standard InChI is InChI=1S/C21H25ClN2O2S/c1-27(25,26)24-16-21(14-18-4-2-3-5-20(18)24)10-12-23(13-11-21)15-17-6-8-19(22)9-7-17/h2-9H,10-16H2,1H3. The van der Waals surface area contributed by atoms with Crippen LogP contribution in [-0.2, 0) is 27.6 Å². The molecule has 1 saturated heterocycles. The minimum atomic E-state index is -3.27. The molecule has 6 heteroatoms. The van der Waals surface area contributed by atoms with Gasteiger partial charge in [0, 0.05) is 11.6 Å². The van der Waals surface area contributed by atoms with E-state index in [0.29, 0.717) is 6.54 Å². The number of fused-ring (bicyclic) bond motifs is 1. The SMILES string of the molecule is C[S+](=O)([O-])N1CC2(CCN(Cc3ccc(Cl)cc3)CC2)Cc2ccccc21. The van der Waals surface area contributed by atoms with Gasteiger partial charge in [-0.25, -0.2) is 0 Å². The van der Waals surface area contributed by atoms with Gasteiger partial charge in [0.25, 0.3) is 0 Å². The Bertz CT molecular complexity index is 857. The van der Waals surface area contributed by atoms with Crippen LogP contribution in [0.15, 0.2) is 48.5 Å². The zero-order chi connectivity index (χ0) is 19.1. The average Bonchev–Trinajstić information content (AvgIpc) is 2.64. The fourth-order valence-electron chi connectivity index (χ4n) is 4.42. The normalized spacial score (nSPS) is 21.7. The van der Waals surface area contributed by atoms with E-state index in [2.05, 4.69) is 23.1 Å². The Morgan fingerprint density at radius 3 is 2.44 bits per heavy atom. The van der Waals surface area contributed by atoms with Crippen LogP contribution in [0.25, 0.3) is 0 Å². The molecule has 0 amide bonds. The van der Waals surface area contributed by atoms with Crippen LogP contribution < -0.4 is 4.31 Å². The Labute approximate surface area is 167 Å². The first-order valence-electron chi connectivity index (χ1n) is 9.37. The lowest BCUT2D eigenvalue weighted by atomic mass is 9.71. The van der Waals surface area contributed by atoms with Gasteiger partial charge in [-0.3, -0.25) is 4.90 Å². The molecule has 2 heterocycles. The van der Waals surface area contributed by atoms with Gasteiger partial charge in [-0.1, -0.05) is 46.1 Å². The average molecular weight is 405 g/mol. The van der Waals surface area contributed by atoms with E-state index < -0.39 is 10.4 Å². The largest absolute Gasteiger partial charge is 0.593 e. The lowest BCUT2D eigenvalue weighted by Crippen LogP contribution is -2.52. The van der Waals surface area contributed by atoms with Crippen molar-refractivity contribution >= 4 is 27.7 Å². The molecule has 1 fully saturated rings. The first-order chi connectivity index (χ1) is 12.8. The molecule has 2 aliphatic rings. The number of rotatable bonds is 3. The maximum atomic E-state index is 12.4. The van der Waals surface area contributed by atoms with Gasteiger partial charge in [0.15, 0.2) is 0 Å². The number of sulfonamides is 1. The van der Waals surface area contributed by atoms with Gasteiger partial charge in [0.05, 0.1) is 12.2 Å².